The molecule has 0 saturated carbocycles. The van der Waals surface area contributed by atoms with Crippen molar-refractivity contribution in [1.29, 1.82) is 0 Å². The Labute approximate surface area is 107 Å². The quantitative estimate of drug-likeness (QED) is 0.892. The zero-order valence-corrected chi connectivity index (χ0v) is 11.1. The van der Waals surface area contributed by atoms with E-state index in [9.17, 15) is 0 Å². The molecule has 1 aromatic heterocycles. The number of benzene rings is 1. The minimum atomic E-state index is 0.606. The highest BCUT2D eigenvalue weighted by atomic mass is 16.5. The second kappa shape index (κ2) is 5.23. The maximum absolute atomic E-state index is 5.61. The van der Waals surface area contributed by atoms with E-state index in [0.717, 1.165) is 34.5 Å². The molecule has 0 aliphatic rings. The molecule has 0 aliphatic carbocycles. The van der Waals surface area contributed by atoms with Gasteiger partial charge in [0.15, 0.2) is 0 Å². The fraction of sp³-hybridized carbons (Fsp3) is 0.357. The third kappa shape index (κ3) is 2.38. The summed E-state index contributed by atoms with van der Waals surface area (Å²) in [5, 5.41) is 1.13. The Bertz CT molecular complexity index is 552. The number of hydrogen-bond acceptors (Lipinski definition) is 4. The standard InChI is InChI=1S/C14H19N3O/c1-17(2)14-8-10(6-7-15)16-13-9-11(18-3)4-5-12(13)14/h4-5,8-9H,6-7,15H2,1-3H3. The van der Waals surface area contributed by atoms with Crippen LogP contribution in [0.15, 0.2) is 24.3 Å². The predicted molar refractivity (Wildman–Crippen MR) is 75.4 cm³/mol. The lowest BCUT2D eigenvalue weighted by molar-refractivity contribution is 0.415. The third-order valence-electron chi connectivity index (χ3n) is 2.93. The Morgan fingerprint density at radius 1 is 1.28 bits per heavy atom. The largest absolute Gasteiger partial charge is 0.497 e. The Balaban J connectivity index is 2.64. The van der Waals surface area contributed by atoms with Crippen LogP contribution >= 0.6 is 0 Å². The number of nitrogens with zero attached hydrogens (tertiary/aromatic N) is 2. The van der Waals surface area contributed by atoms with Crippen molar-refractivity contribution in [2.24, 2.45) is 5.73 Å². The Morgan fingerprint density at radius 2 is 2.06 bits per heavy atom. The lowest BCUT2D eigenvalue weighted by Gasteiger charge is -2.17. The van der Waals surface area contributed by atoms with E-state index < -0.39 is 0 Å². The van der Waals surface area contributed by atoms with Gasteiger partial charge >= 0.3 is 0 Å². The zero-order valence-electron chi connectivity index (χ0n) is 11.1. The van der Waals surface area contributed by atoms with Crippen LogP contribution in [-0.4, -0.2) is 32.7 Å². The second-order valence-corrected chi connectivity index (χ2v) is 4.45. The van der Waals surface area contributed by atoms with Crippen LogP contribution < -0.4 is 15.4 Å². The van der Waals surface area contributed by atoms with Crippen molar-refractivity contribution in [1.82, 2.24) is 4.98 Å². The van der Waals surface area contributed by atoms with Gasteiger partial charge in [0, 0.05) is 43.4 Å². The van der Waals surface area contributed by atoms with Crippen LogP contribution in [0.25, 0.3) is 10.9 Å². The van der Waals surface area contributed by atoms with Crippen LogP contribution in [0.1, 0.15) is 5.69 Å². The van der Waals surface area contributed by atoms with Crippen molar-refractivity contribution in [2.75, 3.05) is 32.6 Å². The summed E-state index contributed by atoms with van der Waals surface area (Å²) in [6.07, 6.45) is 0.786. The lowest BCUT2D eigenvalue weighted by Crippen LogP contribution is -2.11. The van der Waals surface area contributed by atoms with Gasteiger partial charge in [-0.25, -0.2) is 0 Å². The molecule has 1 heterocycles. The summed E-state index contributed by atoms with van der Waals surface area (Å²) in [7, 11) is 5.73. The summed E-state index contributed by atoms with van der Waals surface area (Å²) in [5.41, 5.74) is 8.73. The first-order valence-electron chi connectivity index (χ1n) is 6.00. The van der Waals surface area contributed by atoms with Gasteiger partial charge in [-0.3, -0.25) is 4.98 Å². The fourth-order valence-electron chi connectivity index (χ4n) is 2.02. The van der Waals surface area contributed by atoms with Crippen LogP contribution in [0.5, 0.6) is 5.75 Å². The number of ether oxygens (including phenoxy) is 1. The first kappa shape index (κ1) is 12.6. The van der Waals surface area contributed by atoms with Gasteiger partial charge in [0.25, 0.3) is 0 Å². The van der Waals surface area contributed by atoms with Crippen molar-refractivity contribution in [3.05, 3.63) is 30.0 Å². The Hall–Kier alpha value is -1.81. The minimum absolute atomic E-state index is 0.606. The van der Waals surface area contributed by atoms with Crippen molar-refractivity contribution < 1.29 is 4.74 Å². The van der Waals surface area contributed by atoms with Crippen molar-refractivity contribution in [3.8, 4) is 5.75 Å². The molecular weight excluding hydrogens is 226 g/mol. The van der Waals surface area contributed by atoms with E-state index >= 15 is 0 Å². The molecular formula is C14H19N3O. The molecule has 0 amide bonds. The molecule has 4 heteroatoms. The SMILES string of the molecule is COc1ccc2c(N(C)C)cc(CCN)nc2c1. The number of rotatable bonds is 4. The topological polar surface area (TPSA) is 51.4 Å². The first-order valence-corrected chi connectivity index (χ1v) is 6.00. The number of pyridine rings is 1. The molecule has 0 bridgehead atoms. The van der Waals surface area contributed by atoms with Gasteiger partial charge in [-0.15, -0.1) is 0 Å². The summed E-state index contributed by atoms with van der Waals surface area (Å²) < 4.78 is 5.24. The molecule has 0 unspecified atom stereocenters. The average Bonchev–Trinajstić information content (AvgIpc) is 2.37. The zero-order chi connectivity index (χ0) is 13.1. The number of hydrogen-bond donors (Lipinski definition) is 1. The Kier molecular flexibility index (Phi) is 3.67. The highest BCUT2D eigenvalue weighted by Crippen LogP contribution is 2.28. The molecule has 0 atom stereocenters. The third-order valence-corrected chi connectivity index (χ3v) is 2.93. The van der Waals surface area contributed by atoms with Gasteiger partial charge in [0.1, 0.15) is 5.75 Å². The maximum atomic E-state index is 5.61. The van der Waals surface area contributed by atoms with Crippen LogP contribution in [0.2, 0.25) is 0 Å². The van der Waals surface area contributed by atoms with Gasteiger partial charge in [-0.2, -0.15) is 0 Å². The number of anilines is 1. The van der Waals surface area contributed by atoms with E-state index in [-0.39, 0.29) is 0 Å². The number of fused-ring (bicyclic) bond motifs is 1. The Morgan fingerprint density at radius 3 is 2.67 bits per heavy atom. The molecule has 18 heavy (non-hydrogen) atoms. The summed E-state index contributed by atoms with van der Waals surface area (Å²) in [5.74, 6) is 0.824. The van der Waals surface area contributed by atoms with E-state index in [1.807, 2.05) is 32.3 Å². The molecule has 2 rings (SSSR count). The highest BCUT2D eigenvalue weighted by molar-refractivity contribution is 5.92. The smallest absolute Gasteiger partial charge is 0.121 e. The average molecular weight is 245 g/mol. The monoisotopic (exact) mass is 245 g/mol. The molecule has 1 aromatic carbocycles. The maximum Gasteiger partial charge on any atom is 0.121 e. The highest BCUT2D eigenvalue weighted by Gasteiger charge is 2.08. The van der Waals surface area contributed by atoms with Crippen molar-refractivity contribution in [3.63, 3.8) is 0 Å². The van der Waals surface area contributed by atoms with Gasteiger partial charge in [-0.1, -0.05) is 0 Å². The van der Waals surface area contributed by atoms with E-state index in [2.05, 4.69) is 16.0 Å². The number of nitrogens with two attached hydrogens (primary N) is 1. The molecule has 96 valence electrons. The van der Waals surface area contributed by atoms with Crippen LogP contribution in [0.4, 0.5) is 5.69 Å². The van der Waals surface area contributed by atoms with Crippen LogP contribution in [-0.2, 0) is 6.42 Å². The fourth-order valence-corrected chi connectivity index (χ4v) is 2.02. The molecule has 0 radical (unpaired) electrons. The van der Waals surface area contributed by atoms with E-state index in [4.69, 9.17) is 10.5 Å². The van der Waals surface area contributed by atoms with E-state index in [0.29, 0.717) is 6.54 Å². The van der Waals surface area contributed by atoms with Crippen LogP contribution in [0, 0.1) is 0 Å². The molecule has 0 spiro atoms. The summed E-state index contributed by atoms with van der Waals surface area (Å²) >= 11 is 0. The van der Waals surface area contributed by atoms with Crippen molar-refractivity contribution in [2.45, 2.75) is 6.42 Å². The first-order chi connectivity index (χ1) is 8.65. The summed E-state index contributed by atoms with van der Waals surface area (Å²) in [4.78, 5) is 6.72. The van der Waals surface area contributed by atoms with Gasteiger partial charge in [-0.05, 0) is 24.7 Å². The number of aromatic nitrogens is 1. The molecule has 0 saturated heterocycles. The molecule has 2 N–H and O–H groups in total. The summed E-state index contributed by atoms with van der Waals surface area (Å²) in [6, 6.07) is 8.06. The second-order valence-electron chi connectivity index (χ2n) is 4.45. The van der Waals surface area contributed by atoms with Gasteiger partial charge < -0.3 is 15.4 Å². The van der Waals surface area contributed by atoms with Gasteiger partial charge in [0.05, 0.1) is 12.6 Å². The van der Waals surface area contributed by atoms with E-state index in [1.54, 1.807) is 7.11 Å². The predicted octanol–water partition coefficient (Wildman–Crippen LogP) is 1.81. The van der Waals surface area contributed by atoms with Crippen molar-refractivity contribution >= 4 is 16.6 Å². The minimum Gasteiger partial charge on any atom is -0.497 e. The number of methoxy groups -OCH3 is 1. The molecule has 2 aromatic rings. The molecule has 0 fully saturated rings. The lowest BCUT2D eigenvalue weighted by atomic mass is 10.1. The molecule has 4 nitrogen and oxygen atoms in total. The normalized spacial score (nSPS) is 10.7. The van der Waals surface area contributed by atoms with Gasteiger partial charge in [0.2, 0.25) is 0 Å². The van der Waals surface area contributed by atoms with Crippen LogP contribution in [0.3, 0.4) is 0 Å². The molecule has 0 aliphatic heterocycles. The summed E-state index contributed by atoms with van der Waals surface area (Å²) in [6.45, 7) is 0.606. The van der Waals surface area contributed by atoms with E-state index in [1.165, 1.54) is 0 Å².